The Morgan fingerprint density at radius 1 is 1.23 bits per heavy atom. The van der Waals surface area contributed by atoms with E-state index in [0.29, 0.717) is 6.61 Å². The van der Waals surface area contributed by atoms with Crippen molar-refractivity contribution in [3.05, 3.63) is 35.9 Å². The van der Waals surface area contributed by atoms with E-state index in [2.05, 4.69) is 52.1 Å². The average molecular weight is 325 g/mol. The van der Waals surface area contributed by atoms with E-state index < -0.39 is 5.91 Å². The van der Waals surface area contributed by atoms with Gasteiger partial charge in [-0.2, -0.15) is 5.06 Å². The predicted molar refractivity (Wildman–Crippen MR) is 87.4 cm³/mol. The molecule has 0 amide bonds. The lowest BCUT2D eigenvalue weighted by atomic mass is 9.98. The van der Waals surface area contributed by atoms with Crippen LogP contribution >= 0.6 is 11.6 Å². The highest BCUT2D eigenvalue weighted by atomic mass is 35.5. The molecule has 0 aliphatic carbocycles. The Morgan fingerprint density at radius 2 is 1.86 bits per heavy atom. The van der Waals surface area contributed by atoms with Gasteiger partial charge in [0, 0.05) is 11.1 Å². The van der Waals surface area contributed by atoms with Crippen molar-refractivity contribution in [3.8, 4) is 0 Å². The van der Waals surface area contributed by atoms with Crippen molar-refractivity contribution in [3.63, 3.8) is 0 Å². The van der Waals surface area contributed by atoms with Crippen molar-refractivity contribution < 1.29 is 9.57 Å². The minimum Gasteiger partial charge on any atom is -0.333 e. The molecule has 2 heterocycles. The summed E-state index contributed by atoms with van der Waals surface area (Å²) in [7, 11) is 0. The van der Waals surface area contributed by atoms with Crippen LogP contribution < -0.4 is 5.32 Å². The number of nitrogens with zero attached hydrogens (tertiary/aromatic N) is 1. The number of nitrogens with one attached hydrogen (secondary N) is 1. The lowest BCUT2D eigenvalue weighted by molar-refractivity contribution is -0.321. The topological polar surface area (TPSA) is 33.7 Å². The fourth-order valence-corrected chi connectivity index (χ4v) is 3.52. The highest BCUT2D eigenvalue weighted by Gasteiger charge is 2.62. The first-order valence-electron chi connectivity index (χ1n) is 7.75. The summed E-state index contributed by atoms with van der Waals surface area (Å²) in [5.41, 5.74) is 0.765. The largest absolute Gasteiger partial charge is 0.333 e. The van der Waals surface area contributed by atoms with Gasteiger partial charge in [0.25, 0.3) is 5.91 Å². The third kappa shape index (κ3) is 2.68. The van der Waals surface area contributed by atoms with Gasteiger partial charge < -0.3 is 4.74 Å². The minimum absolute atomic E-state index is 0.0794. The fourth-order valence-electron chi connectivity index (χ4n) is 3.12. The predicted octanol–water partition coefficient (Wildman–Crippen LogP) is 3.43. The van der Waals surface area contributed by atoms with Crippen molar-refractivity contribution in [2.45, 2.75) is 63.0 Å². The number of ether oxygens (including phenoxy) is 1. The molecule has 5 heteroatoms. The SMILES string of the molecule is CC1(C)CO[C@]2(N1)ON(C(C)(C)C)[C@@H](c1ccccc1)[C@H]2Cl. The summed E-state index contributed by atoms with van der Waals surface area (Å²) >= 11 is 6.85. The van der Waals surface area contributed by atoms with Crippen LogP contribution in [0.3, 0.4) is 0 Å². The van der Waals surface area contributed by atoms with Gasteiger partial charge in [0.2, 0.25) is 0 Å². The first kappa shape index (κ1) is 16.2. The van der Waals surface area contributed by atoms with Crippen LogP contribution in [0.2, 0.25) is 0 Å². The van der Waals surface area contributed by atoms with Gasteiger partial charge >= 0.3 is 0 Å². The van der Waals surface area contributed by atoms with Gasteiger partial charge in [-0.1, -0.05) is 30.3 Å². The van der Waals surface area contributed by atoms with E-state index >= 15 is 0 Å². The Balaban J connectivity index is 2.00. The molecule has 0 unspecified atom stereocenters. The summed E-state index contributed by atoms with van der Waals surface area (Å²) in [5.74, 6) is -0.973. The number of hydrogen-bond donors (Lipinski definition) is 1. The van der Waals surface area contributed by atoms with Crippen molar-refractivity contribution in [1.82, 2.24) is 10.4 Å². The highest BCUT2D eigenvalue weighted by molar-refractivity contribution is 6.22. The molecule has 0 saturated carbocycles. The number of hydrogen-bond acceptors (Lipinski definition) is 4. The van der Waals surface area contributed by atoms with E-state index in [4.69, 9.17) is 21.2 Å². The number of rotatable bonds is 1. The maximum absolute atomic E-state index is 6.85. The molecule has 2 saturated heterocycles. The average Bonchev–Trinajstić information content (AvgIpc) is 2.89. The standard InChI is InChI=1S/C17H25ClN2O2/c1-15(2,3)20-13(12-9-7-6-8-10-12)14(18)17(22-20)19-16(4,5)11-21-17/h6-10,13-14,19H,11H2,1-5H3/t13-,14+,17-/m0/s1. The normalized spacial score (nSPS) is 35.4. The lowest BCUT2D eigenvalue weighted by Gasteiger charge is -2.35. The van der Waals surface area contributed by atoms with Crippen LogP contribution in [-0.4, -0.2) is 34.0 Å². The summed E-state index contributed by atoms with van der Waals surface area (Å²) < 4.78 is 6.00. The van der Waals surface area contributed by atoms with Gasteiger partial charge in [-0.3, -0.25) is 5.32 Å². The zero-order chi connectivity index (χ0) is 16.2. The van der Waals surface area contributed by atoms with E-state index in [1.54, 1.807) is 0 Å². The molecule has 2 aliphatic heterocycles. The second-order valence-electron chi connectivity index (χ2n) is 7.81. The van der Waals surface area contributed by atoms with Crippen molar-refractivity contribution in [2.24, 2.45) is 0 Å². The molecule has 4 nitrogen and oxygen atoms in total. The molecular formula is C17H25ClN2O2. The molecule has 122 valence electrons. The summed E-state index contributed by atoms with van der Waals surface area (Å²) in [6, 6.07) is 10.1. The van der Waals surface area contributed by atoms with Gasteiger partial charge in [-0.15, -0.1) is 11.6 Å². The first-order valence-corrected chi connectivity index (χ1v) is 8.19. The molecular weight excluding hydrogens is 300 g/mol. The van der Waals surface area contributed by atoms with Gasteiger partial charge in [0.15, 0.2) is 0 Å². The summed E-state index contributed by atoms with van der Waals surface area (Å²) in [4.78, 5) is 6.26. The van der Waals surface area contributed by atoms with Gasteiger partial charge in [-0.05, 0) is 40.2 Å². The van der Waals surface area contributed by atoms with Crippen LogP contribution in [0, 0.1) is 0 Å². The summed E-state index contributed by atoms with van der Waals surface area (Å²) in [6.07, 6.45) is 0. The Bertz CT molecular complexity index is 543. The van der Waals surface area contributed by atoms with Crippen LogP contribution in [0.5, 0.6) is 0 Å². The van der Waals surface area contributed by atoms with Crippen LogP contribution in [0.4, 0.5) is 0 Å². The molecule has 3 rings (SSSR count). The van der Waals surface area contributed by atoms with Crippen molar-refractivity contribution >= 4 is 11.6 Å². The van der Waals surface area contributed by atoms with Crippen LogP contribution in [-0.2, 0) is 9.57 Å². The molecule has 0 aromatic heterocycles. The van der Waals surface area contributed by atoms with Crippen molar-refractivity contribution in [2.75, 3.05) is 6.61 Å². The van der Waals surface area contributed by atoms with Crippen LogP contribution in [0.15, 0.2) is 30.3 Å². The van der Waals surface area contributed by atoms with E-state index in [9.17, 15) is 0 Å². The molecule has 3 atom stereocenters. The first-order chi connectivity index (χ1) is 10.1. The second kappa shape index (κ2) is 5.18. The maximum atomic E-state index is 6.85. The van der Waals surface area contributed by atoms with E-state index in [1.165, 1.54) is 0 Å². The minimum atomic E-state index is -0.973. The quantitative estimate of drug-likeness (QED) is 0.802. The Kier molecular flexibility index (Phi) is 3.82. The van der Waals surface area contributed by atoms with Gasteiger partial charge in [0.1, 0.15) is 5.38 Å². The second-order valence-corrected chi connectivity index (χ2v) is 8.28. The Labute approximate surface area is 137 Å². The van der Waals surface area contributed by atoms with E-state index in [-0.39, 0.29) is 22.5 Å². The third-order valence-corrected chi connectivity index (χ3v) is 4.62. The molecule has 22 heavy (non-hydrogen) atoms. The van der Waals surface area contributed by atoms with Gasteiger partial charge in [0.05, 0.1) is 12.6 Å². The maximum Gasteiger partial charge on any atom is 0.264 e. The molecule has 1 N–H and O–H groups in total. The molecule has 0 radical (unpaired) electrons. The zero-order valence-corrected chi connectivity index (χ0v) is 14.6. The molecule has 2 aliphatic rings. The van der Waals surface area contributed by atoms with Crippen molar-refractivity contribution in [1.29, 1.82) is 0 Å². The summed E-state index contributed by atoms with van der Waals surface area (Å²) in [6.45, 7) is 11.1. The molecule has 1 aromatic carbocycles. The van der Waals surface area contributed by atoms with Crippen LogP contribution in [0.1, 0.15) is 46.2 Å². The molecule has 1 aromatic rings. The molecule has 1 spiro atoms. The summed E-state index contributed by atoms with van der Waals surface area (Å²) in [5, 5.41) is 5.05. The smallest absolute Gasteiger partial charge is 0.264 e. The van der Waals surface area contributed by atoms with E-state index in [1.807, 2.05) is 23.3 Å². The third-order valence-electron chi connectivity index (χ3n) is 4.09. The monoisotopic (exact) mass is 324 g/mol. The Hall–Kier alpha value is -0.650. The van der Waals surface area contributed by atoms with Gasteiger partial charge in [-0.25, -0.2) is 4.84 Å². The molecule has 2 fully saturated rings. The molecule has 0 bridgehead atoms. The number of hydroxylamine groups is 2. The Morgan fingerprint density at radius 3 is 2.36 bits per heavy atom. The highest BCUT2D eigenvalue weighted by Crippen LogP contribution is 2.49. The lowest BCUT2D eigenvalue weighted by Crippen LogP contribution is -2.54. The number of alkyl halides is 1. The van der Waals surface area contributed by atoms with Crippen LogP contribution in [0.25, 0.3) is 0 Å². The fraction of sp³-hybridized carbons (Fsp3) is 0.647. The number of halogens is 1. The number of benzene rings is 1. The zero-order valence-electron chi connectivity index (χ0n) is 13.9. The van der Waals surface area contributed by atoms with E-state index in [0.717, 1.165) is 5.56 Å².